The second kappa shape index (κ2) is 11.1. The number of carbonyl (C=O) groups is 2. The molecule has 38 heavy (non-hydrogen) atoms. The third-order valence-electron chi connectivity index (χ3n) is 5.52. The summed E-state index contributed by atoms with van der Waals surface area (Å²) in [5.41, 5.74) is -1.32. The van der Waals surface area contributed by atoms with Crippen molar-refractivity contribution in [3.63, 3.8) is 0 Å². The first-order valence-electron chi connectivity index (χ1n) is 11.1. The molecule has 0 saturated carbocycles. The van der Waals surface area contributed by atoms with Crippen LogP contribution in [0.1, 0.15) is 23.6 Å². The Morgan fingerprint density at radius 1 is 1.08 bits per heavy atom. The van der Waals surface area contributed by atoms with E-state index >= 15 is 0 Å². The van der Waals surface area contributed by atoms with Crippen molar-refractivity contribution >= 4 is 34.4 Å². The van der Waals surface area contributed by atoms with Crippen LogP contribution in [-0.2, 0) is 9.59 Å². The number of ether oxygens (including phenoxy) is 2. The number of rotatable bonds is 8. The molecule has 0 radical (unpaired) electrons. The minimum Gasteiger partial charge on any atom is -0.508 e. The zero-order valence-corrected chi connectivity index (χ0v) is 20.9. The molecule has 3 aromatic rings. The molecule has 2 aromatic carbocycles. The maximum atomic E-state index is 12.7. The number of hydrogen-bond donors (Lipinski definition) is 6. The third-order valence-corrected chi connectivity index (χ3v) is 6.61. The number of aromatic nitrogens is 2. The fraction of sp³-hybridized carbons (Fsp3) is 0.208. The van der Waals surface area contributed by atoms with Crippen LogP contribution in [0.4, 0.5) is 5.69 Å². The first-order valence-corrected chi connectivity index (χ1v) is 12.0. The van der Waals surface area contributed by atoms with Gasteiger partial charge in [0.25, 0.3) is 5.56 Å². The highest BCUT2D eigenvalue weighted by molar-refractivity contribution is 8.15. The van der Waals surface area contributed by atoms with E-state index in [1.54, 1.807) is 18.2 Å². The summed E-state index contributed by atoms with van der Waals surface area (Å²) in [5.74, 6) is -0.765. The second-order valence-electron chi connectivity index (χ2n) is 8.01. The topological polar surface area (TPSA) is 195 Å². The average molecular weight is 542 g/mol. The molecule has 14 heteroatoms. The van der Waals surface area contributed by atoms with Gasteiger partial charge >= 0.3 is 5.69 Å². The lowest BCUT2D eigenvalue weighted by atomic mass is 10.0. The normalized spacial score (nSPS) is 16.6. The van der Waals surface area contributed by atoms with Crippen LogP contribution in [0, 0.1) is 0 Å². The third kappa shape index (κ3) is 5.81. The van der Waals surface area contributed by atoms with E-state index in [4.69, 9.17) is 9.47 Å². The van der Waals surface area contributed by atoms with E-state index in [0.717, 1.165) is 11.8 Å². The number of aromatic amines is 2. The molecule has 2 atom stereocenters. The van der Waals surface area contributed by atoms with Gasteiger partial charge in [0.2, 0.25) is 17.7 Å². The molecule has 2 heterocycles. The lowest BCUT2D eigenvalue weighted by Crippen LogP contribution is -2.29. The van der Waals surface area contributed by atoms with Crippen LogP contribution in [0.5, 0.6) is 23.1 Å². The summed E-state index contributed by atoms with van der Waals surface area (Å²) >= 11 is 0.968. The summed E-state index contributed by atoms with van der Waals surface area (Å²) in [6.45, 7) is 0. The number of anilines is 1. The van der Waals surface area contributed by atoms with Crippen molar-refractivity contribution in [1.29, 1.82) is 0 Å². The van der Waals surface area contributed by atoms with E-state index in [0.29, 0.717) is 22.7 Å². The smallest absolute Gasteiger partial charge is 0.328 e. The van der Waals surface area contributed by atoms with Gasteiger partial charge in [-0.1, -0.05) is 23.9 Å². The number of amidine groups is 1. The van der Waals surface area contributed by atoms with Gasteiger partial charge in [0, 0.05) is 12.5 Å². The van der Waals surface area contributed by atoms with Crippen molar-refractivity contribution in [3.8, 4) is 23.1 Å². The summed E-state index contributed by atoms with van der Waals surface area (Å²) in [6.07, 6.45) is -0.204. The zero-order valence-electron chi connectivity index (χ0n) is 20.1. The molecule has 1 fully saturated rings. The standard InChI is InChI=1S/C24H23N5O8S/c1-36-13-7-8-15(37-2)14(9-13)25-17(31)10-16-20(32)29-24(38-16)26-19(11-3-5-12(30)6-4-11)18-21(33)27-23(35)28-22(18)34/h3-9,16,19,30H,10H2,1-2H3,(H,25,31)(H,26,29,32)(H3,27,28,33,34,35)/t16-,19-/m0/s1. The van der Waals surface area contributed by atoms with E-state index in [1.807, 2.05) is 4.98 Å². The SMILES string of the molecule is COc1ccc(OC)c(NC(=O)C[C@@H]2SC(=N[C@@H](c3ccc(O)cc3)c3c(O)[nH]c(=O)[nH]c3=O)NC2=O)c1. The molecule has 0 unspecified atom stereocenters. The molecule has 1 aliphatic rings. The number of nitrogens with one attached hydrogen (secondary N) is 4. The lowest BCUT2D eigenvalue weighted by Gasteiger charge is -2.14. The molecule has 4 rings (SSSR count). The molecule has 0 spiro atoms. The van der Waals surface area contributed by atoms with Gasteiger partial charge in [0.15, 0.2) is 5.17 Å². The predicted octanol–water partition coefficient (Wildman–Crippen LogP) is 1.20. The maximum Gasteiger partial charge on any atom is 0.328 e. The number of methoxy groups -OCH3 is 2. The Kier molecular flexibility index (Phi) is 7.71. The van der Waals surface area contributed by atoms with Crippen LogP contribution in [0.25, 0.3) is 0 Å². The molecule has 0 bridgehead atoms. The first-order chi connectivity index (χ1) is 18.2. The number of aliphatic imine (C=N–C) groups is 1. The number of benzene rings is 2. The number of nitrogens with zero attached hydrogens (tertiary/aromatic N) is 1. The van der Waals surface area contributed by atoms with Gasteiger partial charge < -0.3 is 30.3 Å². The highest BCUT2D eigenvalue weighted by Gasteiger charge is 2.34. The molecular formula is C24H23N5O8S. The number of amides is 2. The largest absolute Gasteiger partial charge is 0.508 e. The van der Waals surface area contributed by atoms with E-state index in [-0.39, 0.29) is 22.9 Å². The van der Waals surface area contributed by atoms with Gasteiger partial charge in [-0.25, -0.2) is 9.79 Å². The van der Waals surface area contributed by atoms with Crippen LogP contribution in [0.2, 0.25) is 0 Å². The minimum absolute atomic E-state index is 0.0398. The van der Waals surface area contributed by atoms with Gasteiger partial charge in [-0.3, -0.25) is 24.4 Å². The minimum atomic E-state index is -1.16. The number of carbonyl (C=O) groups excluding carboxylic acids is 2. The highest BCUT2D eigenvalue weighted by Crippen LogP contribution is 2.33. The zero-order chi connectivity index (χ0) is 27.4. The second-order valence-corrected chi connectivity index (χ2v) is 9.20. The summed E-state index contributed by atoms with van der Waals surface area (Å²) in [7, 11) is 2.94. The molecule has 1 saturated heterocycles. The molecule has 2 amide bonds. The van der Waals surface area contributed by atoms with Crippen LogP contribution < -0.4 is 31.4 Å². The van der Waals surface area contributed by atoms with Gasteiger partial charge in [-0.05, 0) is 29.8 Å². The number of phenolic OH excluding ortho intramolecular Hbond substituents is 1. The van der Waals surface area contributed by atoms with Gasteiger partial charge in [0.1, 0.15) is 34.1 Å². The highest BCUT2D eigenvalue weighted by atomic mass is 32.2. The van der Waals surface area contributed by atoms with Crippen LogP contribution in [-0.4, -0.2) is 56.6 Å². The van der Waals surface area contributed by atoms with Crippen molar-refractivity contribution in [2.45, 2.75) is 17.7 Å². The van der Waals surface area contributed by atoms with E-state index in [1.165, 1.54) is 38.5 Å². The quantitative estimate of drug-likeness (QED) is 0.243. The number of thioether (sulfide) groups is 1. The maximum absolute atomic E-state index is 12.7. The number of aromatic hydroxyl groups is 2. The Morgan fingerprint density at radius 3 is 2.47 bits per heavy atom. The van der Waals surface area contributed by atoms with Crippen molar-refractivity contribution < 1.29 is 29.3 Å². The van der Waals surface area contributed by atoms with Crippen molar-refractivity contribution in [2.24, 2.45) is 4.99 Å². The molecule has 6 N–H and O–H groups in total. The van der Waals surface area contributed by atoms with Crippen molar-refractivity contribution in [3.05, 3.63) is 74.4 Å². The van der Waals surface area contributed by atoms with Gasteiger partial charge in [-0.15, -0.1) is 0 Å². The van der Waals surface area contributed by atoms with Crippen LogP contribution in [0.15, 0.2) is 57.0 Å². The van der Waals surface area contributed by atoms with Gasteiger partial charge in [-0.2, -0.15) is 0 Å². The first kappa shape index (κ1) is 26.3. The summed E-state index contributed by atoms with van der Waals surface area (Å²) < 4.78 is 10.4. The fourth-order valence-corrected chi connectivity index (χ4v) is 4.70. The number of phenols is 1. The van der Waals surface area contributed by atoms with Crippen LogP contribution >= 0.6 is 11.8 Å². The molecule has 1 aromatic heterocycles. The number of H-pyrrole nitrogens is 2. The molecule has 1 aliphatic heterocycles. The Bertz CT molecular complexity index is 1520. The van der Waals surface area contributed by atoms with E-state index in [9.17, 15) is 29.4 Å². The molecule has 13 nitrogen and oxygen atoms in total. The number of hydrogen-bond acceptors (Lipinski definition) is 10. The Balaban J connectivity index is 1.58. The van der Waals surface area contributed by atoms with E-state index < -0.39 is 40.2 Å². The summed E-state index contributed by atoms with van der Waals surface area (Å²) in [4.78, 5) is 58.0. The molecule has 198 valence electrons. The summed E-state index contributed by atoms with van der Waals surface area (Å²) in [5, 5.41) is 24.5. The summed E-state index contributed by atoms with van der Waals surface area (Å²) in [6, 6.07) is 9.40. The lowest BCUT2D eigenvalue weighted by molar-refractivity contribution is -0.122. The van der Waals surface area contributed by atoms with Crippen molar-refractivity contribution in [1.82, 2.24) is 15.3 Å². The fourth-order valence-electron chi connectivity index (χ4n) is 3.70. The predicted molar refractivity (Wildman–Crippen MR) is 139 cm³/mol. The van der Waals surface area contributed by atoms with E-state index in [2.05, 4.69) is 20.6 Å². The monoisotopic (exact) mass is 541 g/mol. The molecular weight excluding hydrogens is 518 g/mol. The molecule has 0 aliphatic carbocycles. The Hall–Kier alpha value is -4.72. The average Bonchev–Trinajstić information content (AvgIpc) is 3.21. The van der Waals surface area contributed by atoms with Crippen LogP contribution in [0.3, 0.4) is 0 Å². The Morgan fingerprint density at radius 2 is 1.82 bits per heavy atom. The van der Waals surface area contributed by atoms with Crippen molar-refractivity contribution in [2.75, 3.05) is 19.5 Å². The van der Waals surface area contributed by atoms with Gasteiger partial charge in [0.05, 0.1) is 19.9 Å². The Labute approximate surface area is 218 Å².